The molecule has 3 rings (SSSR count). The molecule has 0 fully saturated rings. The van der Waals surface area contributed by atoms with Crippen molar-refractivity contribution in [2.45, 2.75) is 13.1 Å². The number of aromatic nitrogens is 2. The molecule has 28 heavy (non-hydrogen) atoms. The van der Waals surface area contributed by atoms with E-state index in [1.807, 2.05) is 43.3 Å². The molecule has 0 radical (unpaired) electrons. The highest BCUT2D eigenvalue weighted by atomic mass is 19.4. The van der Waals surface area contributed by atoms with E-state index in [1.54, 1.807) is 19.1 Å². The van der Waals surface area contributed by atoms with E-state index in [2.05, 4.69) is 20.6 Å². The molecule has 0 atom stereocenters. The normalized spacial score (nSPS) is 11.2. The van der Waals surface area contributed by atoms with Gasteiger partial charge in [-0.05, 0) is 49.4 Å². The lowest BCUT2D eigenvalue weighted by atomic mass is 10.2. The van der Waals surface area contributed by atoms with Crippen LogP contribution in [-0.2, 0) is 6.18 Å². The van der Waals surface area contributed by atoms with Crippen LogP contribution in [0.2, 0.25) is 0 Å². The molecule has 2 aromatic carbocycles. The Bertz CT molecular complexity index is 953. The largest absolute Gasteiger partial charge is 0.416 e. The summed E-state index contributed by atoms with van der Waals surface area (Å²) >= 11 is 0. The van der Waals surface area contributed by atoms with Crippen LogP contribution in [0.3, 0.4) is 0 Å². The van der Waals surface area contributed by atoms with Crippen LogP contribution in [0.25, 0.3) is 0 Å². The third-order valence-electron chi connectivity index (χ3n) is 3.96. The van der Waals surface area contributed by atoms with Crippen LogP contribution in [0.5, 0.6) is 0 Å². The molecule has 0 amide bonds. The first-order valence-corrected chi connectivity index (χ1v) is 8.55. The molecule has 1 aromatic heterocycles. The molecular weight excluding hydrogens is 367 g/mol. The molecular formula is C20H20F3N5. The van der Waals surface area contributed by atoms with Crippen LogP contribution < -0.4 is 15.5 Å². The second-order valence-corrected chi connectivity index (χ2v) is 6.49. The Morgan fingerprint density at radius 1 is 0.857 bits per heavy atom. The summed E-state index contributed by atoms with van der Waals surface area (Å²) in [6.45, 7) is 1.79. The number of aryl methyl sites for hydroxylation is 1. The number of alkyl halides is 3. The van der Waals surface area contributed by atoms with Gasteiger partial charge in [0.2, 0.25) is 5.95 Å². The van der Waals surface area contributed by atoms with Crippen molar-refractivity contribution in [3.05, 3.63) is 65.9 Å². The van der Waals surface area contributed by atoms with Gasteiger partial charge in [0, 0.05) is 42.9 Å². The summed E-state index contributed by atoms with van der Waals surface area (Å²) in [5.41, 5.74) is 2.12. The van der Waals surface area contributed by atoms with Crippen molar-refractivity contribution >= 4 is 28.8 Å². The average Bonchev–Trinajstić information content (AvgIpc) is 2.61. The summed E-state index contributed by atoms with van der Waals surface area (Å²) in [7, 11) is 3.91. The second kappa shape index (κ2) is 7.75. The smallest absolute Gasteiger partial charge is 0.378 e. The molecule has 2 N–H and O–H groups in total. The molecule has 0 bridgehead atoms. The Kier molecular flexibility index (Phi) is 5.39. The topological polar surface area (TPSA) is 53.1 Å². The average molecular weight is 387 g/mol. The zero-order chi connectivity index (χ0) is 20.3. The summed E-state index contributed by atoms with van der Waals surface area (Å²) in [4.78, 5) is 10.7. The third-order valence-corrected chi connectivity index (χ3v) is 3.96. The van der Waals surface area contributed by atoms with Crippen molar-refractivity contribution in [2.75, 3.05) is 29.6 Å². The minimum Gasteiger partial charge on any atom is -0.378 e. The first-order chi connectivity index (χ1) is 13.2. The molecule has 146 valence electrons. The van der Waals surface area contributed by atoms with Crippen molar-refractivity contribution < 1.29 is 13.2 Å². The second-order valence-electron chi connectivity index (χ2n) is 6.49. The first-order valence-electron chi connectivity index (χ1n) is 8.55. The molecule has 0 unspecified atom stereocenters. The molecule has 3 aromatic rings. The lowest BCUT2D eigenvalue weighted by molar-refractivity contribution is -0.137. The molecule has 0 spiro atoms. The Morgan fingerprint density at radius 3 is 2.21 bits per heavy atom. The summed E-state index contributed by atoms with van der Waals surface area (Å²) in [6, 6.07) is 14.4. The molecule has 0 saturated heterocycles. The quantitative estimate of drug-likeness (QED) is 0.618. The SMILES string of the molecule is Cc1cc(Nc2cccc(C(F)(F)F)c2)nc(Nc2ccc(N(C)C)cc2)n1. The lowest BCUT2D eigenvalue weighted by Gasteiger charge is -2.14. The van der Waals surface area contributed by atoms with Gasteiger partial charge in [-0.1, -0.05) is 6.07 Å². The third kappa shape index (κ3) is 4.91. The molecule has 0 aliphatic rings. The monoisotopic (exact) mass is 387 g/mol. The van der Waals surface area contributed by atoms with E-state index in [9.17, 15) is 13.2 Å². The highest BCUT2D eigenvalue weighted by Crippen LogP contribution is 2.31. The van der Waals surface area contributed by atoms with Crippen LogP contribution in [0, 0.1) is 6.92 Å². The van der Waals surface area contributed by atoms with Crippen molar-refractivity contribution in [1.29, 1.82) is 0 Å². The number of benzene rings is 2. The van der Waals surface area contributed by atoms with Crippen molar-refractivity contribution in [3.63, 3.8) is 0 Å². The highest BCUT2D eigenvalue weighted by Gasteiger charge is 2.30. The first kappa shape index (κ1) is 19.5. The van der Waals surface area contributed by atoms with E-state index < -0.39 is 11.7 Å². The number of hydrogen-bond donors (Lipinski definition) is 2. The Labute approximate surface area is 161 Å². The number of nitrogens with one attached hydrogen (secondary N) is 2. The zero-order valence-corrected chi connectivity index (χ0v) is 15.7. The number of hydrogen-bond acceptors (Lipinski definition) is 5. The van der Waals surface area contributed by atoms with Crippen LogP contribution in [0.4, 0.5) is 42.0 Å². The fourth-order valence-corrected chi connectivity index (χ4v) is 2.58. The van der Waals surface area contributed by atoms with Gasteiger partial charge in [0.25, 0.3) is 0 Å². The van der Waals surface area contributed by atoms with Gasteiger partial charge in [-0.3, -0.25) is 0 Å². The van der Waals surface area contributed by atoms with Gasteiger partial charge in [-0.15, -0.1) is 0 Å². The van der Waals surface area contributed by atoms with Gasteiger partial charge in [0.15, 0.2) is 0 Å². The van der Waals surface area contributed by atoms with Gasteiger partial charge in [0.05, 0.1) is 5.56 Å². The Morgan fingerprint density at radius 2 is 1.57 bits per heavy atom. The minimum absolute atomic E-state index is 0.300. The van der Waals surface area contributed by atoms with E-state index in [4.69, 9.17) is 0 Å². The number of anilines is 5. The predicted molar refractivity (Wildman–Crippen MR) is 106 cm³/mol. The summed E-state index contributed by atoms with van der Waals surface area (Å²) in [6.07, 6.45) is -4.40. The van der Waals surface area contributed by atoms with Gasteiger partial charge >= 0.3 is 6.18 Å². The van der Waals surface area contributed by atoms with E-state index in [0.717, 1.165) is 23.5 Å². The van der Waals surface area contributed by atoms with Gasteiger partial charge < -0.3 is 15.5 Å². The van der Waals surface area contributed by atoms with Crippen molar-refractivity contribution in [1.82, 2.24) is 9.97 Å². The lowest BCUT2D eigenvalue weighted by Crippen LogP contribution is -2.08. The fraction of sp³-hybridized carbons (Fsp3) is 0.200. The maximum atomic E-state index is 12.9. The minimum atomic E-state index is -4.40. The van der Waals surface area contributed by atoms with Gasteiger partial charge in [0.1, 0.15) is 5.82 Å². The van der Waals surface area contributed by atoms with Crippen LogP contribution in [0.1, 0.15) is 11.3 Å². The molecule has 1 heterocycles. The standard InChI is InChI=1S/C20H20F3N5/c1-13-11-18(25-16-6-4-5-14(12-16)20(21,22)23)27-19(24-13)26-15-7-9-17(10-8-15)28(2)3/h4-12H,1-3H3,(H2,24,25,26,27). The van der Waals surface area contributed by atoms with Gasteiger partial charge in [-0.2, -0.15) is 18.2 Å². The van der Waals surface area contributed by atoms with E-state index in [1.165, 1.54) is 6.07 Å². The molecule has 5 nitrogen and oxygen atoms in total. The number of nitrogens with zero attached hydrogens (tertiary/aromatic N) is 3. The molecule has 0 aliphatic heterocycles. The van der Waals surface area contributed by atoms with E-state index >= 15 is 0 Å². The predicted octanol–water partition coefficient (Wildman–Crippen LogP) is 5.36. The number of rotatable bonds is 5. The van der Waals surface area contributed by atoms with Crippen molar-refractivity contribution in [3.8, 4) is 0 Å². The zero-order valence-electron chi connectivity index (χ0n) is 15.7. The summed E-state index contributed by atoms with van der Waals surface area (Å²) in [5.74, 6) is 0.756. The van der Waals surface area contributed by atoms with Gasteiger partial charge in [-0.25, -0.2) is 4.98 Å². The maximum Gasteiger partial charge on any atom is 0.416 e. The molecule has 0 aliphatic carbocycles. The number of halogens is 3. The van der Waals surface area contributed by atoms with E-state index in [-0.39, 0.29) is 0 Å². The summed E-state index contributed by atoms with van der Waals surface area (Å²) in [5, 5.41) is 6.02. The van der Waals surface area contributed by atoms with E-state index in [0.29, 0.717) is 23.1 Å². The van der Waals surface area contributed by atoms with Crippen LogP contribution >= 0.6 is 0 Å². The summed E-state index contributed by atoms with van der Waals surface area (Å²) < 4.78 is 38.7. The van der Waals surface area contributed by atoms with Crippen LogP contribution in [0.15, 0.2) is 54.6 Å². The van der Waals surface area contributed by atoms with Crippen LogP contribution in [-0.4, -0.2) is 24.1 Å². The molecule has 8 heteroatoms. The van der Waals surface area contributed by atoms with Crippen molar-refractivity contribution in [2.24, 2.45) is 0 Å². The Balaban J connectivity index is 1.80. The molecule has 0 saturated carbocycles. The fourth-order valence-electron chi connectivity index (χ4n) is 2.58. The highest BCUT2D eigenvalue weighted by molar-refractivity contribution is 5.62. The maximum absolute atomic E-state index is 12.9. The Hall–Kier alpha value is -3.29.